The highest BCUT2D eigenvalue weighted by Gasteiger charge is 2.15. The maximum atomic E-state index is 13.7. The van der Waals surface area contributed by atoms with Crippen molar-refractivity contribution >= 4 is 23.2 Å². The molecule has 0 fully saturated rings. The summed E-state index contributed by atoms with van der Waals surface area (Å²) in [5, 5.41) is 9.53. The van der Waals surface area contributed by atoms with Crippen LogP contribution in [0.15, 0.2) is 71.3 Å². The van der Waals surface area contributed by atoms with Crippen LogP contribution >= 0.6 is 0 Å². The van der Waals surface area contributed by atoms with Crippen molar-refractivity contribution in [2.75, 3.05) is 10.6 Å². The van der Waals surface area contributed by atoms with E-state index in [9.17, 15) is 18.4 Å². The van der Waals surface area contributed by atoms with Gasteiger partial charge < -0.3 is 19.8 Å². The van der Waals surface area contributed by atoms with Gasteiger partial charge in [-0.15, -0.1) is 0 Å². The number of hydrogen-bond acceptors (Lipinski definition) is 5. The van der Waals surface area contributed by atoms with Gasteiger partial charge in [0, 0.05) is 30.2 Å². The highest BCUT2D eigenvalue weighted by Crippen LogP contribution is 2.21. The average Bonchev–Trinajstić information content (AvgIpc) is 3.48. The zero-order valence-corrected chi connectivity index (χ0v) is 18.0. The zero-order chi connectivity index (χ0) is 24.1. The van der Waals surface area contributed by atoms with Crippen molar-refractivity contribution in [2.45, 2.75) is 20.1 Å². The number of ether oxygens (including phenoxy) is 1. The molecule has 8 nitrogen and oxygen atoms in total. The second-order valence-corrected chi connectivity index (χ2v) is 7.15. The molecule has 0 unspecified atom stereocenters. The summed E-state index contributed by atoms with van der Waals surface area (Å²) in [5.41, 5.74) is 1.35. The van der Waals surface area contributed by atoms with Crippen molar-refractivity contribution in [1.82, 2.24) is 9.78 Å². The lowest BCUT2D eigenvalue weighted by molar-refractivity contribution is 0.0990. The van der Waals surface area contributed by atoms with Gasteiger partial charge in [0.1, 0.15) is 23.9 Å². The number of benzene rings is 2. The fourth-order valence-electron chi connectivity index (χ4n) is 3.16. The predicted molar refractivity (Wildman–Crippen MR) is 120 cm³/mol. The standard InChI is InChI=1S/C24H20F2N4O4/c1-2-30-20(10-11-27-30)23(31)28-16-4-3-5-17(13-16)29-24(32)22-9-7-18(34-22)14-33-21-8-6-15(25)12-19(21)26/h3-13H,2,14H2,1H3,(H,28,31)(H,29,32). The molecule has 2 aromatic heterocycles. The summed E-state index contributed by atoms with van der Waals surface area (Å²) >= 11 is 0. The topological polar surface area (TPSA) is 98.4 Å². The molecular weight excluding hydrogens is 446 g/mol. The molecule has 0 saturated heterocycles. The monoisotopic (exact) mass is 466 g/mol. The number of hydrogen-bond donors (Lipinski definition) is 2. The normalized spacial score (nSPS) is 10.7. The Balaban J connectivity index is 1.36. The fourth-order valence-corrected chi connectivity index (χ4v) is 3.16. The molecular formula is C24H20F2N4O4. The van der Waals surface area contributed by atoms with E-state index >= 15 is 0 Å². The van der Waals surface area contributed by atoms with Crippen LogP contribution in [0.2, 0.25) is 0 Å². The molecule has 34 heavy (non-hydrogen) atoms. The van der Waals surface area contributed by atoms with Gasteiger partial charge in [0.2, 0.25) is 0 Å². The number of carbonyl (C=O) groups is 2. The van der Waals surface area contributed by atoms with E-state index < -0.39 is 17.5 Å². The molecule has 10 heteroatoms. The first-order chi connectivity index (χ1) is 16.4. The van der Waals surface area contributed by atoms with Crippen LogP contribution in [0.1, 0.15) is 33.7 Å². The van der Waals surface area contributed by atoms with E-state index in [2.05, 4.69) is 15.7 Å². The molecule has 174 valence electrons. The maximum Gasteiger partial charge on any atom is 0.291 e. The Morgan fingerprint density at radius 1 is 1.00 bits per heavy atom. The van der Waals surface area contributed by atoms with E-state index in [1.807, 2.05) is 6.92 Å². The van der Waals surface area contributed by atoms with Gasteiger partial charge >= 0.3 is 0 Å². The van der Waals surface area contributed by atoms with Crippen molar-refractivity contribution in [3.63, 3.8) is 0 Å². The number of nitrogens with zero attached hydrogens (tertiary/aromatic N) is 2. The first kappa shape index (κ1) is 22.7. The van der Waals surface area contributed by atoms with E-state index in [0.717, 1.165) is 6.07 Å². The third-order valence-electron chi connectivity index (χ3n) is 4.78. The number of anilines is 2. The second-order valence-electron chi connectivity index (χ2n) is 7.15. The first-order valence-corrected chi connectivity index (χ1v) is 10.3. The molecule has 4 rings (SSSR count). The quantitative estimate of drug-likeness (QED) is 0.387. The lowest BCUT2D eigenvalue weighted by atomic mass is 10.2. The number of nitrogens with one attached hydrogen (secondary N) is 2. The van der Waals surface area contributed by atoms with Gasteiger partial charge in [-0.2, -0.15) is 5.10 Å². The minimum absolute atomic E-state index is 0.0134. The highest BCUT2D eigenvalue weighted by atomic mass is 19.1. The van der Waals surface area contributed by atoms with Crippen molar-refractivity contribution < 1.29 is 27.5 Å². The molecule has 0 saturated carbocycles. The molecule has 0 aliphatic carbocycles. The lowest BCUT2D eigenvalue weighted by Gasteiger charge is -2.09. The summed E-state index contributed by atoms with van der Waals surface area (Å²) in [6.07, 6.45) is 1.55. The number of amides is 2. The Morgan fingerprint density at radius 3 is 2.50 bits per heavy atom. The molecule has 2 heterocycles. The van der Waals surface area contributed by atoms with Crippen LogP contribution in [-0.4, -0.2) is 21.6 Å². The Labute approximate surface area is 193 Å². The number of aryl methyl sites for hydroxylation is 1. The maximum absolute atomic E-state index is 13.7. The summed E-state index contributed by atoms with van der Waals surface area (Å²) in [7, 11) is 0. The minimum atomic E-state index is -0.837. The van der Waals surface area contributed by atoms with Crippen molar-refractivity contribution in [3.8, 4) is 5.75 Å². The molecule has 2 N–H and O–H groups in total. The van der Waals surface area contributed by atoms with Crippen molar-refractivity contribution in [2.24, 2.45) is 0 Å². The Morgan fingerprint density at radius 2 is 1.76 bits per heavy atom. The SMILES string of the molecule is CCn1nccc1C(=O)Nc1cccc(NC(=O)c2ccc(COc3ccc(F)cc3F)o2)c1. The van der Waals surface area contributed by atoms with Gasteiger partial charge in [-0.05, 0) is 55.5 Å². The second kappa shape index (κ2) is 9.99. The van der Waals surface area contributed by atoms with Gasteiger partial charge in [-0.25, -0.2) is 8.78 Å². The van der Waals surface area contributed by atoms with Crippen LogP contribution in [0.5, 0.6) is 5.75 Å². The summed E-state index contributed by atoms with van der Waals surface area (Å²) in [6, 6.07) is 14.2. The van der Waals surface area contributed by atoms with E-state index in [-0.39, 0.29) is 29.8 Å². The smallest absolute Gasteiger partial charge is 0.291 e. The van der Waals surface area contributed by atoms with E-state index in [1.54, 1.807) is 41.2 Å². The number of rotatable bonds is 8. The number of furan rings is 1. The van der Waals surface area contributed by atoms with Gasteiger partial charge in [0.05, 0.1) is 0 Å². The summed E-state index contributed by atoms with van der Waals surface area (Å²) < 4.78 is 39.0. The van der Waals surface area contributed by atoms with Crippen molar-refractivity contribution in [1.29, 1.82) is 0 Å². The lowest BCUT2D eigenvalue weighted by Crippen LogP contribution is -2.17. The van der Waals surface area contributed by atoms with Crippen LogP contribution in [-0.2, 0) is 13.2 Å². The summed E-state index contributed by atoms with van der Waals surface area (Å²) in [5.74, 6) is -2.23. The Hall–Kier alpha value is -4.47. The molecule has 0 radical (unpaired) electrons. The minimum Gasteiger partial charge on any atom is -0.483 e. The zero-order valence-electron chi connectivity index (χ0n) is 18.0. The van der Waals surface area contributed by atoms with Gasteiger partial charge in [0.25, 0.3) is 11.8 Å². The molecule has 0 spiro atoms. The molecule has 0 aliphatic heterocycles. The predicted octanol–water partition coefficient (Wildman–Crippen LogP) is 4.86. The molecule has 0 aliphatic rings. The Bertz CT molecular complexity index is 1330. The Kier molecular flexibility index (Phi) is 6.67. The number of halogens is 2. The van der Waals surface area contributed by atoms with Crippen molar-refractivity contribution in [3.05, 3.63) is 95.7 Å². The molecule has 0 bridgehead atoms. The fraction of sp³-hybridized carbons (Fsp3) is 0.125. The van der Waals surface area contributed by atoms with Crippen LogP contribution in [0, 0.1) is 11.6 Å². The molecule has 2 aromatic carbocycles. The van der Waals surface area contributed by atoms with Crippen LogP contribution in [0.3, 0.4) is 0 Å². The van der Waals surface area contributed by atoms with E-state index in [4.69, 9.17) is 9.15 Å². The third kappa shape index (κ3) is 5.29. The van der Waals surface area contributed by atoms with Crippen LogP contribution < -0.4 is 15.4 Å². The summed E-state index contributed by atoms with van der Waals surface area (Å²) in [4.78, 5) is 25.0. The van der Waals surface area contributed by atoms with Gasteiger partial charge in [-0.1, -0.05) is 6.07 Å². The number of aromatic nitrogens is 2. The van der Waals surface area contributed by atoms with Gasteiger partial charge in [0.15, 0.2) is 17.3 Å². The first-order valence-electron chi connectivity index (χ1n) is 10.3. The highest BCUT2D eigenvalue weighted by molar-refractivity contribution is 6.05. The van der Waals surface area contributed by atoms with E-state index in [1.165, 1.54) is 18.2 Å². The average molecular weight is 466 g/mol. The van der Waals surface area contributed by atoms with Crippen LogP contribution in [0.4, 0.5) is 20.2 Å². The van der Waals surface area contributed by atoms with E-state index in [0.29, 0.717) is 29.7 Å². The number of carbonyl (C=O) groups excluding carboxylic acids is 2. The summed E-state index contributed by atoms with van der Waals surface area (Å²) in [6.45, 7) is 2.29. The molecule has 4 aromatic rings. The molecule has 0 atom stereocenters. The van der Waals surface area contributed by atoms with Crippen LogP contribution in [0.25, 0.3) is 0 Å². The third-order valence-corrected chi connectivity index (χ3v) is 4.78. The molecule has 2 amide bonds. The van der Waals surface area contributed by atoms with Gasteiger partial charge in [-0.3, -0.25) is 14.3 Å². The largest absolute Gasteiger partial charge is 0.483 e.